The summed E-state index contributed by atoms with van der Waals surface area (Å²) in [6, 6.07) is 7.80. The third-order valence-corrected chi connectivity index (χ3v) is 3.79. The number of nitrogens with zero attached hydrogens (tertiary/aromatic N) is 2. The van der Waals surface area contributed by atoms with E-state index in [9.17, 15) is 4.79 Å². The maximum Gasteiger partial charge on any atom is 0.239 e. The lowest BCUT2D eigenvalue weighted by atomic mass is 9.99. The molecule has 4 heteroatoms. The number of likely N-dealkylation sites (N-methyl/N-ethyl adjacent to an activating group) is 1. The zero-order chi connectivity index (χ0) is 15.3. The molecule has 1 amide bonds. The van der Waals surface area contributed by atoms with E-state index < -0.39 is 6.04 Å². The number of carbonyl (C=O) groups excluding carboxylic acids is 1. The van der Waals surface area contributed by atoms with Gasteiger partial charge in [0.2, 0.25) is 5.91 Å². The molecular formula is C16H27N3O. The van der Waals surface area contributed by atoms with Crippen LogP contribution in [0.5, 0.6) is 0 Å². The van der Waals surface area contributed by atoms with Crippen LogP contribution in [-0.2, 0) is 11.3 Å². The number of amides is 1. The van der Waals surface area contributed by atoms with Gasteiger partial charge in [-0.3, -0.25) is 4.79 Å². The Bertz CT molecular complexity index is 428. The Morgan fingerprint density at radius 2 is 1.75 bits per heavy atom. The monoisotopic (exact) mass is 277 g/mol. The lowest BCUT2D eigenvalue weighted by Gasteiger charge is -2.25. The van der Waals surface area contributed by atoms with E-state index in [1.54, 1.807) is 4.90 Å². The first-order valence-corrected chi connectivity index (χ1v) is 7.13. The van der Waals surface area contributed by atoms with Crippen molar-refractivity contribution in [2.45, 2.75) is 32.9 Å². The summed E-state index contributed by atoms with van der Waals surface area (Å²) in [6.45, 7) is 4.66. The normalized spacial score (nSPS) is 13.7. The van der Waals surface area contributed by atoms with Crippen LogP contribution >= 0.6 is 0 Å². The van der Waals surface area contributed by atoms with Crippen LogP contribution in [0.15, 0.2) is 24.3 Å². The van der Waals surface area contributed by atoms with Crippen molar-refractivity contribution in [3.63, 3.8) is 0 Å². The average Bonchev–Trinajstić information content (AvgIpc) is 2.45. The third kappa shape index (κ3) is 4.23. The molecule has 112 valence electrons. The molecule has 0 heterocycles. The second-order valence-corrected chi connectivity index (χ2v) is 5.67. The van der Waals surface area contributed by atoms with Gasteiger partial charge >= 0.3 is 0 Å². The van der Waals surface area contributed by atoms with Crippen molar-refractivity contribution in [2.75, 3.05) is 26.0 Å². The fourth-order valence-electron chi connectivity index (χ4n) is 2.00. The van der Waals surface area contributed by atoms with Gasteiger partial charge in [-0.15, -0.1) is 0 Å². The molecule has 0 aromatic heterocycles. The molecule has 0 aliphatic carbocycles. The lowest BCUT2D eigenvalue weighted by molar-refractivity contribution is -0.132. The van der Waals surface area contributed by atoms with Gasteiger partial charge < -0.3 is 15.5 Å². The molecule has 2 N–H and O–H groups in total. The molecular weight excluding hydrogens is 250 g/mol. The third-order valence-electron chi connectivity index (χ3n) is 3.79. The zero-order valence-corrected chi connectivity index (χ0v) is 13.3. The van der Waals surface area contributed by atoms with Crippen LogP contribution in [0.1, 0.15) is 25.8 Å². The Morgan fingerprint density at radius 3 is 2.20 bits per heavy atom. The molecule has 0 radical (unpaired) electrons. The van der Waals surface area contributed by atoms with Crippen molar-refractivity contribution in [3.05, 3.63) is 29.8 Å². The van der Waals surface area contributed by atoms with Crippen LogP contribution in [0, 0.1) is 5.92 Å². The van der Waals surface area contributed by atoms with Gasteiger partial charge in [0, 0.05) is 33.4 Å². The molecule has 0 saturated heterocycles. The fraction of sp³-hybridized carbons (Fsp3) is 0.562. The molecule has 1 aromatic carbocycles. The van der Waals surface area contributed by atoms with Crippen molar-refractivity contribution in [1.29, 1.82) is 0 Å². The lowest BCUT2D eigenvalue weighted by Crippen LogP contribution is -2.45. The van der Waals surface area contributed by atoms with Crippen molar-refractivity contribution in [1.82, 2.24) is 4.90 Å². The topological polar surface area (TPSA) is 49.6 Å². The predicted molar refractivity (Wildman–Crippen MR) is 84.7 cm³/mol. The number of carbonyl (C=O) groups is 1. The molecule has 0 spiro atoms. The van der Waals surface area contributed by atoms with E-state index in [2.05, 4.69) is 24.0 Å². The molecule has 1 unspecified atom stereocenters. The first-order valence-electron chi connectivity index (χ1n) is 7.13. The van der Waals surface area contributed by atoms with Gasteiger partial charge in [-0.05, 0) is 23.6 Å². The highest BCUT2D eigenvalue weighted by Crippen LogP contribution is 2.14. The molecule has 1 aromatic rings. The minimum Gasteiger partial charge on any atom is -0.378 e. The number of rotatable bonds is 6. The van der Waals surface area contributed by atoms with Crippen molar-refractivity contribution < 1.29 is 4.79 Å². The van der Waals surface area contributed by atoms with Gasteiger partial charge in [0.15, 0.2) is 0 Å². The Morgan fingerprint density at radius 1 is 1.20 bits per heavy atom. The van der Waals surface area contributed by atoms with Crippen molar-refractivity contribution in [2.24, 2.45) is 11.7 Å². The van der Waals surface area contributed by atoms with Gasteiger partial charge in [0.05, 0.1) is 6.04 Å². The number of anilines is 1. The summed E-state index contributed by atoms with van der Waals surface area (Å²) >= 11 is 0. The molecule has 0 aliphatic rings. The summed E-state index contributed by atoms with van der Waals surface area (Å²) in [5, 5.41) is 0. The summed E-state index contributed by atoms with van der Waals surface area (Å²) in [6.07, 6.45) is 0.915. The predicted octanol–water partition coefficient (Wildman–Crippen LogP) is 2.08. The highest BCUT2D eigenvalue weighted by atomic mass is 16.2. The smallest absolute Gasteiger partial charge is 0.239 e. The molecule has 0 bridgehead atoms. The Kier molecular flexibility index (Phi) is 6.02. The van der Waals surface area contributed by atoms with E-state index in [0.29, 0.717) is 6.54 Å². The van der Waals surface area contributed by atoms with E-state index >= 15 is 0 Å². The maximum atomic E-state index is 12.2. The van der Waals surface area contributed by atoms with Gasteiger partial charge in [0.1, 0.15) is 0 Å². The highest BCUT2D eigenvalue weighted by Gasteiger charge is 2.22. The second kappa shape index (κ2) is 7.29. The zero-order valence-electron chi connectivity index (χ0n) is 13.3. The minimum atomic E-state index is -0.411. The van der Waals surface area contributed by atoms with Gasteiger partial charge in [-0.2, -0.15) is 0 Å². The van der Waals surface area contributed by atoms with E-state index in [-0.39, 0.29) is 11.8 Å². The molecule has 4 nitrogen and oxygen atoms in total. The Labute approximate surface area is 122 Å². The van der Waals surface area contributed by atoms with E-state index in [1.165, 1.54) is 0 Å². The number of benzene rings is 1. The van der Waals surface area contributed by atoms with Crippen LogP contribution in [0.25, 0.3) is 0 Å². The van der Waals surface area contributed by atoms with Gasteiger partial charge in [-0.1, -0.05) is 32.4 Å². The molecule has 20 heavy (non-hydrogen) atoms. The SMILES string of the molecule is CCC(C)[C@H](N)C(=O)N(C)Cc1ccc(N(C)C)cc1. The van der Waals surface area contributed by atoms with Crippen LogP contribution in [0.2, 0.25) is 0 Å². The largest absolute Gasteiger partial charge is 0.378 e. The second-order valence-electron chi connectivity index (χ2n) is 5.67. The number of nitrogens with two attached hydrogens (primary N) is 1. The summed E-state index contributed by atoms with van der Waals surface area (Å²) in [7, 11) is 5.83. The summed E-state index contributed by atoms with van der Waals surface area (Å²) in [5.74, 6) is 0.220. The number of hydrogen-bond donors (Lipinski definition) is 1. The van der Waals surface area contributed by atoms with Crippen LogP contribution in [0.3, 0.4) is 0 Å². The first-order chi connectivity index (χ1) is 9.36. The molecule has 0 fully saturated rings. The van der Waals surface area contributed by atoms with E-state index in [1.807, 2.05) is 40.2 Å². The van der Waals surface area contributed by atoms with Crippen LogP contribution in [-0.4, -0.2) is 38.0 Å². The maximum absolute atomic E-state index is 12.2. The van der Waals surface area contributed by atoms with Gasteiger partial charge in [0.25, 0.3) is 0 Å². The average molecular weight is 277 g/mol. The summed E-state index contributed by atoms with van der Waals surface area (Å²) in [5.41, 5.74) is 8.26. The van der Waals surface area contributed by atoms with Gasteiger partial charge in [-0.25, -0.2) is 0 Å². The summed E-state index contributed by atoms with van der Waals surface area (Å²) in [4.78, 5) is 16.0. The molecule has 2 atom stereocenters. The molecule has 0 saturated carbocycles. The molecule has 0 aliphatic heterocycles. The van der Waals surface area contributed by atoms with Crippen molar-refractivity contribution >= 4 is 11.6 Å². The van der Waals surface area contributed by atoms with E-state index in [0.717, 1.165) is 17.7 Å². The Hall–Kier alpha value is -1.55. The Balaban J connectivity index is 2.65. The standard InChI is InChI=1S/C16H27N3O/c1-6-12(2)15(17)16(20)19(5)11-13-7-9-14(10-8-13)18(3)4/h7-10,12,15H,6,11,17H2,1-5H3/t12?,15-/m0/s1. The summed E-state index contributed by atoms with van der Waals surface area (Å²) < 4.78 is 0. The minimum absolute atomic E-state index is 0.0102. The van der Waals surface area contributed by atoms with Crippen LogP contribution < -0.4 is 10.6 Å². The quantitative estimate of drug-likeness (QED) is 0.866. The number of hydrogen-bond acceptors (Lipinski definition) is 3. The fourth-order valence-corrected chi connectivity index (χ4v) is 2.00. The highest BCUT2D eigenvalue weighted by molar-refractivity contribution is 5.81. The van der Waals surface area contributed by atoms with Crippen molar-refractivity contribution in [3.8, 4) is 0 Å². The first kappa shape index (κ1) is 16.5. The van der Waals surface area contributed by atoms with E-state index in [4.69, 9.17) is 5.73 Å². The van der Waals surface area contributed by atoms with Crippen LogP contribution in [0.4, 0.5) is 5.69 Å². The molecule has 1 rings (SSSR count).